The van der Waals surface area contributed by atoms with Crippen LogP contribution in [0.1, 0.15) is 5.56 Å². The molecule has 1 aliphatic heterocycles. The van der Waals surface area contributed by atoms with Crippen LogP contribution >= 0.6 is 0 Å². The summed E-state index contributed by atoms with van der Waals surface area (Å²) >= 11 is 0. The molecule has 29 heavy (non-hydrogen) atoms. The molecule has 0 unspecified atom stereocenters. The lowest BCUT2D eigenvalue weighted by molar-refractivity contribution is 0.596. The van der Waals surface area contributed by atoms with E-state index in [9.17, 15) is 4.39 Å². The molecule has 4 aromatic rings. The number of piperazine rings is 1. The van der Waals surface area contributed by atoms with Gasteiger partial charge >= 0.3 is 0 Å². The van der Waals surface area contributed by atoms with Gasteiger partial charge in [0.05, 0.1) is 12.2 Å². The minimum atomic E-state index is -0.186. The average molecular weight is 389 g/mol. The Labute approximate surface area is 167 Å². The minimum Gasteiger partial charge on any atom is -0.366 e. The standard InChI is InChI=1S/C21H20FN7/c22-17-8-4-5-9-18(17)27-10-12-28(13-11-27)20-19-21(24-15-23-20)29(26-25-19)14-16-6-2-1-3-7-16/h1-9,15H,10-14H2. The summed E-state index contributed by atoms with van der Waals surface area (Å²) in [5.41, 5.74) is 3.20. The van der Waals surface area contributed by atoms with Gasteiger partial charge in [-0.3, -0.25) is 0 Å². The van der Waals surface area contributed by atoms with Crippen LogP contribution in [0.3, 0.4) is 0 Å². The number of halogens is 1. The number of para-hydroxylation sites is 1. The van der Waals surface area contributed by atoms with E-state index in [-0.39, 0.29) is 5.82 Å². The molecule has 8 heteroatoms. The summed E-state index contributed by atoms with van der Waals surface area (Å²) < 4.78 is 15.9. The molecule has 0 radical (unpaired) electrons. The molecule has 1 fully saturated rings. The van der Waals surface area contributed by atoms with Crippen LogP contribution in [0.4, 0.5) is 15.9 Å². The molecule has 7 nitrogen and oxygen atoms in total. The van der Waals surface area contributed by atoms with Gasteiger partial charge in [-0.2, -0.15) is 0 Å². The van der Waals surface area contributed by atoms with E-state index < -0.39 is 0 Å². The lowest BCUT2D eigenvalue weighted by Crippen LogP contribution is -2.47. The van der Waals surface area contributed by atoms with E-state index in [4.69, 9.17) is 0 Å². The Kier molecular flexibility index (Phi) is 4.51. The van der Waals surface area contributed by atoms with Crippen molar-refractivity contribution in [3.8, 4) is 0 Å². The van der Waals surface area contributed by atoms with Crippen molar-refractivity contribution in [2.24, 2.45) is 0 Å². The van der Waals surface area contributed by atoms with Crippen molar-refractivity contribution in [1.29, 1.82) is 0 Å². The van der Waals surface area contributed by atoms with Crippen molar-refractivity contribution in [2.45, 2.75) is 6.54 Å². The van der Waals surface area contributed by atoms with Gasteiger partial charge in [-0.15, -0.1) is 5.10 Å². The summed E-state index contributed by atoms with van der Waals surface area (Å²) in [5.74, 6) is 0.594. The molecule has 0 bridgehead atoms. The zero-order valence-electron chi connectivity index (χ0n) is 15.8. The third-order valence-corrected chi connectivity index (χ3v) is 5.23. The fourth-order valence-electron chi connectivity index (χ4n) is 3.74. The zero-order chi connectivity index (χ0) is 19.6. The quantitative estimate of drug-likeness (QED) is 0.535. The fraction of sp³-hybridized carbons (Fsp3) is 0.238. The molecule has 0 amide bonds. The van der Waals surface area contributed by atoms with Crippen molar-refractivity contribution < 1.29 is 4.39 Å². The number of hydrogen-bond acceptors (Lipinski definition) is 6. The van der Waals surface area contributed by atoms with Gasteiger partial charge in [-0.05, 0) is 17.7 Å². The summed E-state index contributed by atoms with van der Waals surface area (Å²) in [5, 5.41) is 8.65. The van der Waals surface area contributed by atoms with Gasteiger partial charge in [0.2, 0.25) is 0 Å². The third-order valence-electron chi connectivity index (χ3n) is 5.23. The predicted octanol–water partition coefficient (Wildman–Crippen LogP) is 2.74. The molecule has 1 aliphatic rings. The second-order valence-electron chi connectivity index (χ2n) is 7.03. The molecule has 0 N–H and O–H groups in total. The van der Waals surface area contributed by atoms with Crippen molar-refractivity contribution in [3.05, 3.63) is 72.3 Å². The van der Waals surface area contributed by atoms with Crippen LogP contribution in [0.15, 0.2) is 60.9 Å². The Morgan fingerprint density at radius 2 is 1.55 bits per heavy atom. The van der Waals surface area contributed by atoms with Gasteiger partial charge in [-0.25, -0.2) is 19.0 Å². The van der Waals surface area contributed by atoms with Crippen LogP contribution in [0, 0.1) is 5.82 Å². The molecule has 2 aromatic heterocycles. The number of benzene rings is 2. The minimum absolute atomic E-state index is 0.186. The Bertz CT molecular complexity index is 1120. The van der Waals surface area contributed by atoms with Gasteiger partial charge in [0.15, 0.2) is 17.0 Å². The molecule has 0 atom stereocenters. The van der Waals surface area contributed by atoms with Crippen LogP contribution < -0.4 is 9.80 Å². The first-order chi connectivity index (χ1) is 14.3. The molecular weight excluding hydrogens is 369 g/mol. The summed E-state index contributed by atoms with van der Waals surface area (Å²) in [6, 6.07) is 17.0. The topological polar surface area (TPSA) is 63.0 Å². The highest BCUT2D eigenvalue weighted by Gasteiger charge is 2.23. The van der Waals surface area contributed by atoms with Crippen LogP contribution in [0.25, 0.3) is 11.2 Å². The normalized spacial score (nSPS) is 14.5. The Balaban J connectivity index is 1.37. The van der Waals surface area contributed by atoms with Crippen LogP contribution in [0.5, 0.6) is 0 Å². The lowest BCUT2D eigenvalue weighted by atomic mass is 10.2. The summed E-state index contributed by atoms with van der Waals surface area (Å²) in [6.45, 7) is 3.49. The van der Waals surface area contributed by atoms with E-state index in [0.717, 1.165) is 30.1 Å². The fourth-order valence-corrected chi connectivity index (χ4v) is 3.74. The van der Waals surface area contributed by atoms with E-state index in [0.29, 0.717) is 30.8 Å². The number of hydrogen-bond donors (Lipinski definition) is 0. The van der Waals surface area contributed by atoms with E-state index in [1.165, 1.54) is 6.07 Å². The molecule has 5 rings (SSSR count). The van der Waals surface area contributed by atoms with Gasteiger partial charge in [0, 0.05) is 26.2 Å². The second kappa shape index (κ2) is 7.46. The van der Waals surface area contributed by atoms with Crippen molar-refractivity contribution in [2.75, 3.05) is 36.0 Å². The highest BCUT2D eigenvalue weighted by molar-refractivity contribution is 5.82. The lowest BCUT2D eigenvalue weighted by Gasteiger charge is -2.36. The number of nitrogens with zero attached hydrogens (tertiary/aromatic N) is 7. The maximum absolute atomic E-state index is 14.1. The van der Waals surface area contributed by atoms with Gasteiger partial charge in [0.1, 0.15) is 12.1 Å². The number of rotatable bonds is 4. The Hall–Kier alpha value is -3.55. The number of fused-ring (bicyclic) bond motifs is 1. The first kappa shape index (κ1) is 17.5. The summed E-state index contributed by atoms with van der Waals surface area (Å²) in [7, 11) is 0. The Morgan fingerprint density at radius 3 is 2.34 bits per heavy atom. The van der Waals surface area contributed by atoms with Crippen molar-refractivity contribution in [3.63, 3.8) is 0 Å². The second-order valence-corrected chi connectivity index (χ2v) is 7.03. The molecule has 3 heterocycles. The van der Waals surface area contributed by atoms with Crippen molar-refractivity contribution in [1.82, 2.24) is 25.0 Å². The monoisotopic (exact) mass is 389 g/mol. The first-order valence-corrected chi connectivity index (χ1v) is 9.62. The number of anilines is 2. The zero-order valence-corrected chi connectivity index (χ0v) is 15.8. The molecule has 1 saturated heterocycles. The SMILES string of the molecule is Fc1ccccc1N1CCN(c2ncnc3c2nnn3Cc2ccccc2)CC1. The van der Waals surface area contributed by atoms with E-state index in [1.54, 1.807) is 17.1 Å². The van der Waals surface area contributed by atoms with Crippen molar-refractivity contribution >= 4 is 22.7 Å². The van der Waals surface area contributed by atoms with Crippen LogP contribution in [-0.4, -0.2) is 51.1 Å². The average Bonchev–Trinajstić information content (AvgIpc) is 3.18. The number of aromatic nitrogens is 5. The Morgan fingerprint density at radius 1 is 0.828 bits per heavy atom. The highest BCUT2D eigenvalue weighted by atomic mass is 19.1. The molecule has 0 saturated carbocycles. The highest BCUT2D eigenvalue weighted by Crippen LogP contribution is 2.25. The maximum atomic E-state index is 14.1. The predicted molar refractivity (Wildman–Crippen MR) is 109 cm³/mol. The van der Waals surface area contributed by atoms with Crippen LogP contribution in [0.2, 0.25) is 0 Å². The molecule has 146 valence electrons. The van der Waals surface area contributed by atoms with Gasteiger partial charge < -0.3 is 9.80 Å². The smallest absolute Gasteiger partial charge is 0.184 e. The molecular formula is C21H20FN7. The summed E-state index contributed by atoms with van der Waals surface area (Å²) in [4.78, 5) is 13.1. The van der Waals surface area contributed by atoms with Gasteiger partial charge in [0.25, 0.3) is 0 Å². The molecule has 0 spiro atoms. The summed E-state index contributed by atoms with van der Waals surface area (Å²) in [6.07, 6.45) is 1.56. The van der Waals surface area contributed by atoms with Crippen LogP contribution in [-0.2, 0) is 6.54 Å². The van der Waals surface area contributed by atoms with Gasteiger partial charge in [-0.1, -0.05) is 47.7 Å². The maximum Gasteiger partial charge on any atom is 0.184 e. The molecule has 2 aromatic carbocycles. The molecule has 0 aliphatic carbocycles. The third kappa shape index (κ3) is 3.37. The van der Waals surface area contributed by atoms with E-state index in [1.807, 2.05) is 30.3 Å². The first-order valence-electron chi connectivity index (χ1n) is 9.62. The van der Waals surface area contributed by atoms with E-state index >= 15 is 0 Å². The largest absolute Gasteiger partial charge is 0.366 e. The van der Waals surface area contributed by atoms with E-state index in [2.05, 4.69) is 42.2 Å².